The highest BCUT2D eigenvalue weighted by Gasteiger charge is 2.24. The third-order valence-electron chi connectivity index (χ3n) is 3.39. The standard InChI is InChI=1S/C13H17N5/c1-11-3-2-4-12(15-11)9-17-7-5-13(10-17)18-8-6-14-16-18/h2-4,6,8,13H,5,7,9-10H2,1H3. The summed E-state index contributed by atoms with van der Waals surface area (Å²) in [7, 11) is 0. The largest absolute Gasteiger partial charge is 0.295 e. The van der Waals surface area contributed by atoms with Gasteiger partial charge in [-0.25, -0.2) is 4.68 Å². The summed E-state index contributed by atoms with van der Waals surface area (Å²) in [5.74, 6) is 0. The molecule has 0 aliphatic carbocycles. The average molecular weight is 243 g/mol. The zero-order valence-electron chi connectivity index (χ0n) is 10.5. The van der Waals surface area contributed by atoms with Crippen LogP contribution in [0.4, 0.5) is 0 Å². The van der Waals surface area contributed by atoms with Gasteiger partial charge in [0.1, 0.15) is 0 Å². The minimum atomic E-state index is 0.456. The third-order valence-corrected chi connectivity index (χ3v) is 3.39. The molecule has 5 heteroatoms. The fourth-order valence-corrected chi connectivity index (χ4v) is 2.50. The lowest BCUT2D eigenvalue weighted by atomic mass is 10.3. The van der Waals surface area contributed by atoms with Gasteiger partial charge in [-0.1, -0.05) is 11.3 Å². The Balaban J connectivity index is 1.63. The molecule has 0 amide bonds. The molecule has 0 bridgehead atoms. The number of likely N-dealkylation sites (tertiary alicyclic amines) is 1. The van der Waals surface area contributed by atoms with Gasteiger partial charge in [0.25, 0.3) is 0 Å². The first-order chi connectivity index (χ1) is 8.81. The summed E-state index contributed by atoms with van der Waals surface area (Å²) < 4.78 is 1.96. The molecule has 2 aromatic rings. The normalized spacial score (nSPS) is 20.4. The highest BCUT2D eigenvalue weighted by molar-refractivity contribution is 5.10. The Kier molecular flexibility index (Phi) is 3.06. The second-order valence-corrected chi connectivity index (χ2v) is 4.83. The van der Waals surface area contributed by atoms with Crippen molar-refractivity contribution in [2.45, 2.75) is 25.9 Å². The van der Waals surface area contributed by atoms with Gasteiger partial charge in [0.05, 0.1) is 17.9 Å². The SMILES string of the molecule is Cc1cccc(CN2CCC(n3ccnn3)C2)n1. The number of hydrogen-bond acceptors (Lipinski definition) is 4. The van der Waals surface area contributed by atoms with E-state index in [1.807, 2.05) is 23.9 Å². The maximum Gasteiger partial charge on any atom is 0.0693 e. The van der Waals surface area contributed by atoms with Gasteiger partial charge in [0.15, 0.2) is 0 Å². The number of aryl methyl sites for hydroxylation is 1. The maximum atomic E-state index is 4.55. The van der Waals surface area contributed by atoms with Gasteiger partial charge >= 0.3 is 0 Å². The number of hydrogen-bond donors (Lipinski definition) is 0. The van der Waals surface area contributed by atoms with Crippen molar-refractivity contribution in [2.75, 3.05) is 13.1 Å². The van der Waals surface area contributed by atoms with E-state index < -0.39 is 0 Å². The van der Waals surface area contributed by atoms with Crippen molar-refractivity contribution in [1.29, 1.82) is 0 Å². The second kappa shape index (κ2) is 4.86. The molecule has 94 valence electrons. The smallest absolute Gasteiger partial charge is 0.0693 e. The van der Waals surface area contributed by atoms with Crippen LogP contribution in [0, 0.1) is 6.92 Å². The van der Waals surface area contributed by atoms with Crippen molar-refractivity contribution in [3.8, 4) is 0 Å². The van der Waals surface area contributed by atoms with Crippen LogP contribution in [-0.4, -0.2) is 38.0 Å². The van der Waals surface area contributed by atoms with Crippen molar-refractivity contribution in [3.05, 3.63) is 42.0 Å². The van der Waals surface area contributed by atoms with Crippen LogP contribution in [0.25, 0.3) is 0 Å². The number of rotatable bonds is 3. The summed E-state index contributed by atoms with van der Waals surface area (Å²) >= 11 is 0. The number of pyridine rings is 1. The van der Waals surface area contributed by atoms with E-state index in [9.17, 15) is 0 Å². The summed E-state index contributed by atoms with van der Waals surface area (Å²) in [6, 6.07) is 6.65. The van der Waals surface area contributed by atoms with E-state index in [0.29, 0.717) is 6.04 Å². The van der Waals surface area contributed by atoms with Crippen LogP contribution < -0.4 is 0 Å². The molecule has 1 unspecified atom stereocenters. The van der Waals surface area contributed by atoms with Gasteiger partial charge in [-0.05, 0) is 25.5 Å². The van der Waals surface area contributed by atoms with E-state index >= 15 is 0 Å². The molecule has 3 heterocycles. The molecule has 1 atom stereocenters. The highest BCUT2D eigenvalue weighted by atomic mass is 15.4. The molecule has 18 heavy (non-hydrogen) atoms. The monoisotopic (exact) mass is 243 g/mol. The first-order valence-electron chi connectivity index (χ1n) is 6.32. The predicted molar refractivity (Wildman–Crippen MR) is 67.9 cm³/mol. The zero-order valence-corrected chi connectivity index (χ0v) is 10.5. The molecule has 1 aliphatic rings. The van der Waals surface area contributed by atoms with E-state index in [0.717, 1.165) is 37.4 Å². The summed E-state index contributed by atoms with van der Waals surface area (Å²) in [5.41, 5.74) is 2.23. The fraction of sp³-hybridized carbons (Fsp3) is 0.462. The molecular formula is C13H17N5. The lowest BCUT2D eigenvalue weighted by Crippen LogP contribution is -2.22. The van der Waals surface area contributed by atoms with Crippen LogP contribution in [0.1, 0.15) is 23.9 Å². The first-order valence-corrected chi connectivity index (χ1v) is 6.32. The highest BCUT2D eigenvalue weighted by Crippen LogP contribution is 2.21. The van der Waals surface area contributed by atoms with Crippen LogP contribution in [0.5, 0.6) is 0 Å². The van der Waals surface area contributed by atoms with Gasteiger partial charge in [0, 0.05) is 31.5 Å². The minimum Gasteiger partial charge on any atom is -0.295 e. The Morgan fingerprint density at radius 1 is 1.39 bits per heavy atom. The van der Waals surface area contributed by atoms with Crippen LogP contribution >= 0.6 is 0 Å². The fourth-order valence-electron chi connectivity index (χ4n) is 2.50. The van der Waals surface area contributed by atoms with E-state index in [2.05, 4.69) is 32.3 Å². The molecule has 0 aromatic carbocycles. The second-order valence-electron chi connectivity index (χ2n) is 4.83. The average Bonchev–Trinajstić information content (AvgIpc) is 2.98. The molecule has 0 N–H and O–H groups in total. The molecule has 1 fully saturated rings. The van der Waals surface area contributed by atoms with Gasteiger partial charge in [-0.2, -0.15) is 0 Å². The van der Waals surface area contributed by atoms with Crippen molar-refractivity contribution >= 4 is 0 Å². The number of aromatic nitrogens is 4. The lowest BCUT2D eigenvalue weighted by Gasteiger charge is -2.15. The van der Waals surface area contributed by atoms with Gasteiger partial charge in [-0.15, -0.1) is 5.10 Å². The molecule has 3 rings (SSSR count). The van der Waals surface area contributed by atoms with Crippen LogP contribution in [0.3, 0.4) is 0 Å². The van der Waals surface area contributed by atoms with Crippen molar-refractivity contribution in [2.24, 2.45) is 0 Å². The molecule has 1 saturated heterocycles. The van der Waals surface area contributed by atoms with Crippen molar-refractivity contribution < 1.29 is 0 Å². The molecule has 5 nitrogen and oxygen atoms in total. The Bertz CT molecular complexity index is 508. The molecule has 0 spiro atoms. The molecular weight excluding hydrogens is 226 g/mol. The summed E-state index contributed by atoms with van der Waals surface area (Å²) in [5, 5.41) is 7.95. The van der Waals surface area contributed by atoms with Crippen LogP contribution in [0.2, 0.25) is 0 Å². The first kappa shape index (κ1) is 11.3. The van der Waals surface area contributed by atoms with E-state index in [1.165, 1.54) is 0 Å². The summed E-state index contributed by atoms with van der Waals surface area (Å²) in [4.78, 5) is 6.97. The Morgan fingerprint density at radius 2 is 2.33 bits per heavy atom. The van der Waals surface area contributed by atoms with Gasteiger partial charge < -0.3 is 0 Å². The van der Waals surface area contributed by atoms with Crippen molar-refractivity contribution in [3.63, 3.8) is 0 Å². The maximum absolute atomic E-state index is 4.55. The van der Waals surface area contributed by atoms with Crippen molar-refractivity contribution in [1.82, 2.24) is 24.9 Å². The van der Waals surface area contributed by atoms with Gasteiger partial charge in [0.2, 0.25) is 0 Å². The Morgan fingerprint density at radius 3 is 3.11 bits per heavy atom. The van der Waals surface area contributed by atoms with E-state index in [-0.39, 0.29) is 0 Å². The molecule has 2 aromatic heterocycles. The van der Waals surface area contributed by atoms with Gasteiger partial charge in [-0.3, -0.25) is 9.88 Å². The molecule has 0 saturated carbocycles. The van der Waals surface area contributed by atoms with E-state index in [1.54, 1.807) is 6.20 Å². The zero-order chi connectivity index (χ0) is 12.4. The summed E-state index contributed by atoms with van der Waals surface area (Å²) in [6.45, 7) is 5.08. The third kappa shape index (κ3) is 2.41. The summed E-state index contributed by atoms with van der Waals surface area (Å²) in [6.07, 6.45) is 4.82. The Labute approximate surface area is 106 Å². The van der Waals surface area contributed by atoms with Crippen LogP contribution in [0.15, 0.2) is 30.6 Å². The topological polar surface area (TPSA) is 46.8 Å². The minimum absolute atomic E-state index is 0.456. The molecule has 1 aliphatic heterocycles. The molecule has 0 radical (unpaired) electrons. The Hall–Kier alpha value is -1.75. The number of nitrogens with zero attached hydrogens (tertiary/aromatic N) is 5. The van der Waals surface area contributed by atoms with E-state index in [4.69, 9.17) is 0 Å². The predicted octanol–water partition coefficient (Wildman–Crippen LogP) is 1.43. The lowest BCUT2D eigenvalue weighted by molar-refractivity contribution is 0.307. The van der Waals surface area contributed by atoms with Crippen LogP contribution in [-0.2, 0) is 6.54 Å². The quantitative estimate of drug-likeness (QED) is 0.818.